The van der Waals surface area contributed by atoms with Crippen LogP contribution in [-0.4, -0.2) is 39.6 Å². The third-order valence-electron chi connectivity index (χ3n) is 5.00. The lowest BCUT2D eigenvalue weighted by atomic mass is 10.1. The van der Waals surface area contributed by atoms with E-state index in [1.54, 1.807) is 24.3 Å². The van der Waals surface area contributed by atoms with E-state index < -0.39 is 4.92 Å². The van der Waals surface area contributed by atoms with Crippen LogP contribution in [0.4, 0.5) is 10.1 Å². The number of carbonyl (C=O) groups excluding carboxylic acids is 2. The van der Waals surface area contributed by atoms with Gasteiger partial charge in [0.2, 0.25) is 5.91 Å². The molecule has 0 atom stereocenters. The quantitative estimate of drug-likeness (QED) is 0.335. The number of furan rings is 1. The molecule has 2 aromatic carbocycles. The van der Waals surface area contributed by atoms with Gasteiger partial charge in [-0.05, 0) is 48.4 Å². The molecule has 172 valence electrons. The number of halogens is 1. The Labute approximate surface area is 190 Å². The van der Waals surface area contributed by atoms with Gasteiger partial charge in [0.05, 0.1) is 17.7 Å². The highest BCUT2D eigenvalue weighted by molar-refractivity contribution is 5.96. The van der Waals surface area contributed by atoms with Crippen molar-refractivity contribution >= 4 is 17.5 Å². The number of nitro benzene ring substituents is 1. The second-order valence-electron chi connectivity index (χ2n) is 7.49. The summed E-state index contributed by atoms with van der Waals surface area (Å²) in [6.45, 7) is 2.46. The van der Waals surface area contributed by atoms with E-state index in [2.05, 4.69) is 0 Å². The fourth-order valence-corrected chi connectivity index (χ4v) is 3.33. The van der Waals surface area contributed by atoms with Gasteiger partial charge in [0.1, 0.15) is 18.1 Å². The Hall–Kier alpha value is -4.01. The molecule has 0 N–H and O–H groups in total. The van der Waals surface area contributed by atoms with Crippen LogP contribution in [0.1, 0.15) is 35.0 Å². The molecular weight excluding hydrogens is 429 g/mol. The van der Waals surface area contributed by atoms with Crippen LogP contribution in [0, 0.1) is 15.9 Å². The Bertz CT molecular complexity index is 1080. The summed E-state index contributed by atoms with van der Waals surface area (Å²) in [7, 11) is 0. The van der Waals surface area contributed by atoms with E-state index in [1.165, 1.54) is 52.5 Å². The van der Waals surface area contributed by atoms with Gasteiger partial charge in [-0.3, -0.25) is 19.7 Å². The summed E-state index contributed by atoms with van der Waals surface area (Å²) in [6, 6.07) is 14.6. The molecule has 0 aliphatic carbocycles. The summed E-state index contributed by atoms with van der Waals surface area (Å²) in [5.74, 6) is -0.487. The van der Waals surface area contributed by atoms with Crippen LogP contribution < -0.4 is 0 Å². The number of nitrogens with zero attached hydrogens (tertiary/aromatic N) is 3. The smallest absolute Gasteiger partial charge is 0.269 e. The number of carbonyl (C=O) groups is 2. The van der Waals surface area contributed by atoms with Crippen LogP contribution >= 0.6 is 0 Å². The SMILES string of the molecule is CCCN(CC(=O)N(Cc1ccc(F)cc1)Cc1ccco1)C(=O)c1ccc([N+](=O)[O-])cc1. The average Bonchev–Trinajstić information content (AvgIpc) is 3.32. The van der Waals surface area contributed by atoms with Crippen molar-refractivity contribution in [3.8, 4) is 0 Å². The number of hydrogen-bond acceptors (Lipinski definition) is 5. The van der Waals surface area contributed by atoms with Crippen LogP contribution in [0.5, 0.6) is 0 Å². The molecule has 0 aliphatic heterocycles. The van der Waals surface area contributed by atoms with E-state index in [9.17, 15) is 24.1 Å². The maximum atomic E-state index is 13.3. The van der Waals surface area contributed by atoms with Crippen LogP contribution in [0.2, 0.25) is 0 Å². The zero-order chi connectivity index (χ0) is 23.8. The molecule has 3 aromatic rings. The Balaban J connectivity index is 1.77. The molecule has 0 saturated heterocycles. The normalized spacial score (nSPS) is 10.6. The molecule has 0 saturated carbocycles. The number of hydrogen-bond donors (Lipinski definition) is 0. The van der Waals surface area contributed by atoms with Gasteiger partial charge in [-0.15, -0.1) is 0 Å². The van der Waals surface area contributed by atoms with E-state index in [1.807, 2.05) is 6.92 Å². The van der Waals surface area contributed by atoms with Gasteiger partial charge in [-0.1, -0.05) is 19.1 Å². The molecular formula is C24H24FN3O5. The highest BCUT2D eigenvalue weighted by atomic mass is 19.1. The molecule has 3 rings (SSSR count). The minimum absolute atomic E-state index is 0.117. The monoisotopic (exact) mass is 453 g/mol. The van der Waals surface area contributed by atoms with Crippen molar-refractivity contribution in [3.05, 3.63) is 99.7 Å². The lowest BCUT2D eigenvalue weighted by molar-refractivity contribution is -0.384. The van der Waals surface area contributed by atoms with E-state index in [0.29, 0.717) is 18.7 Å². The van der Waals surface area contributed by atoms with Crippen molar-refractivity contribution in [2.24, 2.45) is 0 Å². The Morgan fingerprint density at radius 2 is 1.70 bits per heavy atom. The summed E-state index contributed by atoms with van der Waals surface area (Å²) in [4.78, 5) is 39.5. The molecule has 8 nitrogen and oxygen atoms in total. The third kappa shape index (κ3) is 6.49. The highest BCUT2D eigenvalue weighted by Gasteiger charge is 2.23. The van der Waals surface area contributed by atoms with Crippen molar-refractivity contribution in [1.29, 1.82) is 0 Å². The van der Waals surface area contributed by atoms with Crippen molar-refractivity contribution in [3.63, 3.8) is 0 Å². The second-order valence-corrected chi connectivity index (χ2v) is 7.49. The molecule has 0 fully saturated rings. The molecule has 0 spiro atoms. The van der Waals surface area contributed by atoms with Gasteiger partial charge in [-0.25, -0.2) is 4.39 Å². The maximum absolute atomic E-state index is 13.3. The minimum Gasteiger partial charge on any atom is -0.467 e. The largest absolute Gasteiger partial charge is 0.467 e. The van der Waals surface area contributed by atoms with Crippen molar-refractivity contribution in [1.82, 2.24) is 9.80 Å². The fourth-order valence-electron chi connectivity index (χ4n) is 3.33. The van der Waals surface area contributed by atoms with Gasteiger partial charge in [0.25, 0.3) is 11.6 Å². The molecule has 0 aliphatic rings. The molecule has 0 radical (unpaired) electrons. The number of nitro groups is 1. The Kier molecular flexibility index (Phi) is 7.91. The molecule has 1 heterocycles. The fraction of sp³-hybridized carbons (Fsp3) is 0.250. The van der Waals surface area contributed by atoms with Crippen LogP contribution in [-0.2, 0) is 17.9 Å². The number of rotatable bonds is 10. The van der Waals surface area contributed by atoms with Crippen LogP contribution in [0.15, 0.2) is 71.3 Å². The first-order valence-corrected chi connectivity index (χ1v) is 10.5. The maximum Gasteiger partial charge on any atom is 0.269 e. The van der Waals surface area contributed by atoms with Crippen molar-refractivity contribution in [2.75, 3.05) is 13.1 Å². The summed E-state index contributed by atoms with van der Waals surface area (Å²) in [6.07, 6.45) is 2.14. The highest BCUT2D eigenvalue weighted by Crippen LogP contribution is 2.16. The molecule has 33 heavy (non-hydrogen) atoms. The Morgan fingerprint density at radius 3 is 2.27 bits per heavy atom. The number of non-ortho nitro benzene ring substituents is 1. The summed E-state index contributed by atoms with van der Waals surface area (Å²) in [5.41, 5.74) is 0.881. The second kappa shape index (κ2) is 11.0. The van der Waals surface area contributed by atoms with Gasteiger partial charge in [0, 0.05) is 30.8 Å². The first-order chi connectivity index (χ1) is 15.9. The molecule has 0 bridgehead atoms. The Morgan fingerprint density at radius 1 is 1.00 bits per heavy atom. The molecule has 1 aromatic heterocycles. The molecule has 9 heteroatoms. The summed E-state index contributed by atoms with van der Waals surface area (Å²) >= 11 is 0. The predicted molar refractivity (Wildman–Crippen MR) is 119 cm³/mol. The lowest BCUT2D eigenvalue weighted by Crippen LogP contribution is -2.42. The standard InChI is InChI=1S/C24H24FN3O5/c1-2-13-26(24(30)19-7-11-21(12-8-19)28(31)32)17-23(29)27(16-22-4-3-14-33-22)15-18-5-9-20(25)10-6-18/h3-12,14H,2,13,15-17H2,1H3. The lowest BCUT2D eigenvalue weighted by Gasteiger charge is -2.27. The minimum atomic E-state index is -0.538. The number of benzene rings is 2. The zero-order valence-electron chi connectivity index (χ0n) is 18.1. The zero-order valence-corrected chi connectivity index (χ0v) is 18.1. The molecule has 0 unspecified atom stereocenters. The van der Waals surface area contributed by atoms with Crippen LogP contribution in [0.3, 0.4) is 0 Å². The first kappa shape index (κ1) is 23.6. The van der Waals surface area contributed by atoms with E-state index in [-0.39, 0.29) is 48.5 Å². The van der Waals surface area contributed by atoms with Gasteiger partial charge in [0.15, 0.2) is 0 Å². The number of amides is 2. The van der Waals surface area contributed by atoms with Gasteiger partial charge in [-0.2, -0.15) is 0 Å². The van der Waals surface area contributed by atoms with E-state index in [4.69, 9.17) is 4.42 Å². The third-order valence-corrected chi connectivity index (χ3v) is 5.00. The molecule has 2 amide bonds. The van der Waals surface area contributed by atoms with E-state index >= 15 is 0 Å². The summed E-state index contributed by atoms with van der Waals surface area (Å²) in [5, 5.41) is 10.9. The van der Waals surface area contributed by atoms with Gasteiger partial charge >= 0.3 is 0 Å². The van der Waals surface area contributed by atoms with Crippen molar-refractivity contribution < 1.29 is 23.3 Å². The predicted octanol–water partition coefficient (Wildman–Crippen LogP) is 4.41. The topological polar surface area (TPSA) is 96.9 Å². The average molecular weight is 453 g/mol. The van der Waals surface area contributed by atoms with Crippen molar-refractivity contribution in [2.45, 2.75) is 26.4 Å². The van der Waals surface area contributed by atoms with Gasteiger partial charge < -0.3 is 14.2 Å². The van der Waals surface area contributed by atoms with E-state index in [0.717, 1.165) is 5.56 Å². The summed E-state index contributed by atoms with van der Waals surface area (Å²) < 4.78 is 18.7. The van der Waals surface area contributed by atoms with Crippen LogP contribution in [0.25, 0.3) is 0 Å². The first-order valence-electron chi connectivity index (χ1n) is 10.5.